The lowest BCUT2D eigenvalue weighted by atomic mass is 9.97. The number of piperidine rings is 1. The van der Waals surface area contributed by atoms with Crippen LogP contribution in [0.5, 0.6) is 0 Å². The van der Waals surface area contributed by atoms with Gasteiger partial charge in [-0.3, -0.25) is 4.79 Å². The highest BCUT2D eigenvalue weighted by molar-refractivity contribution is 9.11. The van der Waals surface area contributed by atoms with Gasteiger partial charge in [-0.25, -0.2) is 8.42 Å². The Kier molecular flexibility index (Phi) is 6.65. The number of nitrogens with one attached hydrogen (secondary N) is 1. The normalized spacial score (nSPS) is 17.6. The molecule has 1 amide bonds. The predicted octanol–water partition coefficient (Wildman–Crippen LogP) is 3.07. The minimum atomic E-state index is -3.43. The van der Waals surface area contributed by atoms with Crippen LogP contribution < -0.4 is 5.32 Å². The third-order valence-electron chi connectivity index (χ3n) is 3.99. The molecule has 0 aliphatic carbocycles. The molecule has 0 unspecified atom stereocenters. The van der Waals surface area contributed by atoms with Crippen LogP contribution in [0.2, 0.25) is 0 Å². The number of nitrogens with zero attached hydrogens (tertiary/aromatic N) is 1. The number of halogens is 1. The van der Waals surface area contributed by atoms with E-state index in [9.17, 15) is 13.2 Å². The molecule has 0 aromatic carbocycles. The second-order valence-electron chi connectivity index (χ2n) is 6.21. The number of amides is 1. The maximum absolute atomic E-state index is 12.5. The second-order valence-corrected chi connectivity index (χ2v) is 10.8. The van der Waals surface area contributed by atoms with Gasteiger partial charge in [-0.2, -0.15) is 4.31 Å². The highest BCUT2D eigenvalue weighted by Gasteiger charge is 2.32. The third kappa shape index (κ3) is 5.01. The minimum absolute atomic E-state index is 0.0570. The van der Waals surface area contributed by atoms with E-state index in [0.717, 1.165) is 10.2 Å². The predicted molar refractivity (Wildman–Crippen MR) is 96.0 cm³/mol. The Balaban J connectivity index is 1.87. The Bertz CT molecular complexity index is 635. The monoisotopic (exact) mass is 422 g/mol. The lowest BCUT2D eigenvalue weighted by Gasteiger charge is -2.30. The number of sulfonamides is 1. The van der Waals surface area contributed by atoms with E-state index in [1.165, 1.54) is 15.6 Å². The van der Waals surface area contributed by atoms with Crippen LogP contribution in [-0.2, 0) is 14.8 Å². The van der Waals surface area contributed by atoms with Crippen molar-refractivity contribution in [2.75, 3.05) is 19.6 Å². The van der Waals surface area contributed by atoms with Gasteiger partial charge in [0.05, 0.1) is 3.79 Å². The van der Waals surface area contributed by atoms with Gasteiger partial charge >= 0.3 is 0 Å². The molecular formula is C15H23BrN2O3S2. The van der Waals surface area contributed by atoms with Crippen LogP contribution in [0.15, 0.2) is 20.1 Å². The summed E-state index contributed by atoms with van der Waals surface area (Å²) < 4.78 is 27.7. The van der Waals surface area contributed by atoms with E-state index in [0.29, 0.717) is 42.6 Å². The van der Waals surface area contributed by atoms with Crippen molar-refractivity contribution >= 4 is 43.2 Å². The highest BCUT2D eigenvalue weighted by atomic mass is 79.9. The summed E-state index contributed by atoms with van der Waals surface area (Å²) in [4.78, 5) is 12.1. The lowest BCUT2D eigenvalue weighted by Crippen LogP contribution is -2.43. The number of rotatable bonds is 6. The second kappa shape index (κ2) is 8.09. The van der Waals surface area contributed by atoms with Gasteiger partial charge in [0.15, 0.2) is 0 Å². The molecule has 1 aliphatic rings. The summed E-state index contributed by atoms with van der Waals surface area (Å²) in [6.07, 6.45) is 2.13. The van der Waals surface area contributed by atoms with Crippen LogP contribution in [0.25, 0.3) is 0 Å². The fourth-order valence-electron chi connectivity index (χ4n) is 2.55. The maximum atomic E-state index is 12.5. The van der Waals surface area contributed by atoms with Crippen molar-refractivity contribution in [2.45, 2.75) is 37.3 Å². The van der Waals surface area contributed by atoms with E-state index in [-0.39, 0.29) is 11.8 Å². The van der Waals surface area contributed by atoms with Crippen LogP contribution in [0.1, 0.15) is 33.1 Å². The van der Waals surface area contributed by atoms with E-state index in [2.05, 4.69) is 35.1 Å². The topological polar surface area (TPSA) is 66.5 Å². The number of carbonyl (C=O) groups excluding carboxylic acids is 1. The quantitative estimate of drug-likeness (QED) is 0.765. The minimum Gasteiger partial charge on any atom is -0.356 e. The average Bonchev–Trinajstić information content (AvgIpc) is 2.94. The fraction of sp³-hybridized carbons (Fsp3) is 0.667. The van der Waals surface area contributed by atoms with Gasteiger partial charge in [0, 0.05) is 25.6 Å². The molecule has 1 saturated heterocycles. The van der Waals surface area contributed by atoms with Crippen molar-refractivity contribution in [3.63, 3.8) is 0 Å². The van der Waals surface area contributed by atoms with Crippen LogP contribution >= 0.6 is 27.3 Å². The molecule has 2 heterocycles. The third-order valence-corrected chi connectivity index (χ3v) is 7.98. The van der Waals surface area contributed by atoms with Crippen molar-refractivity contribution in [3.05, 3.63) is 15.9 Å². The zero-order valence-electron chi connectivity index (χ0n) is 13.4. The Morgan fingerprint density at radius 1 is 1.39 bits per heavy atom. The lowest BCUT2D eigenvalue weighted by molar-refractivity contribution is -0.126. The van der Waals surface area contributed by atoms with Gasteiger partial charge in [0.2, 0.25) is 5.91 Å². The molecule has 8 heteroatoms. The SMILES string of the molecule is CC(C)CCNC(=O)C1CCN(S(=O)(=O)c2ccc(Br)s2)CC1. The Labute approximate surface area is 150 Å². The van der Waals surface area contributed by atoms with Gasteiger partial charge in [-0.1, -0.05) is 13.8 Å². The zero-order chi connectivity index (χ0) is 17.0. The van der Waals surface area contributed by atoms with Crippen molar-refractivity contribution in [1.82, 2.24) is 9.62 Å². The smallest absolute Gasteiger partial charge is 0.252 e. The van der Waals surface area contributed by atoms with Gasteiger partial charge in [0.25, 0.3) is 10.0 Å². The first kappa shape index (κ1) is 18.9. The zero-order valence-corrected chi connectivity index (χ0v) is 16.6. The molecule has 1 fully saturated rings. The summed E-state index contributed by atoms with van der Waals surface area (Å²) in [6, 6.07) is 3.36. The van der Waals surface area contributed by atoms with Crippen molar-refractivity contribution < 1.29 is 13.2 Å². The number of hydrogen-bond donors (Lipinski definition) is 1. The molecular weight excluding hydrogens is 400 g/mol. The Morgan fingerprint density at radius 3 is 2.57 bits per heavy atom. The first-order valence-electron chi connectivity index (χ1n) is 7.84. The van der Waals surface area contributed by atoms with Crippen LogP contribution in [-0.4, -0.2) is 38.3 Å². The summed E-state index contributed by atoms with van der Waals surface area (Å²) in [6.45, 7) is 5.75. The first-order chi connectivity index (χ1) is 10.8. The van der Waals surface area contributed by atoms with E-state index in [4.69, 9.17) is 0 Å². The molecule has 0 radical (unpaired) electrons. The molecule has 1 N–H and O–H groups in total. The van der Waals surface area contributed by atoms with Gasteiger partial charge in [-0.05, 0) is 53.2 Å². The molecule has 2 rings (SSSR count). The highest BCUT2D eigenvalue weighted by Crippen LogP contribution is 2.30. The Morgan fingerprint density at radius 2 is 2.04 bits per heavy atom. The van der Waals surface area contributed by atoms with E-state index in [1.807, 2.05) is 0 Å². The van der Waals surface area contributed by atoms with Crippen LogP contribution in [0, 0.1) is 11.8 Å². The molecule has 23 heavy (non-hydrogen) atoms. The summed E-state index contributed by atoms with van der Waals surface area (Å²) in [5.74, 6) is 0.540. The molecule has 5 nitrogen and oxygen atoms in total. The maximum Gasteiger partial charge on any atom is 0.252 e. The molecule has 0 atom stereocenters. The molecule has 130 valence electrons. The number of hydrogen-bond acceptors (Lipinski definition) is 4. The fourth-order valence-corrected chi connectivity index (χ4v) is 6.18. The summed E-state index contributed by atoms with van der Waals surface area (Å²) >= 11 is 4.51. The molecule has 1 aromatic rings. The van der Waals surface area contributed by atoms with Crippen LogP contribution in [0.3, 0.4) is 0 Å². The van der Waals surface area contributed by atoms with Crippen molar-refractivity contribution in [2.24, 2.45) is 11.8 Å². The number of carbonyl (C=O) groups is 1. The average molecular weight is 423 g/mol. The van der Waals surface area contributed by atoms with E-state index in [1.54, 1.807) is 12.1 Å². The van der Waals surface area contributed by atoms with Gasteiger partial charge in [0.1, 0.15) is 4.21 Å². The Hall–Kier alpha value is -0.440. The van der Waals surface area contributed by atoms with E-state index < -0.39 is 10.0 Å². The molecule has 1 aromatic heterocycles. The molecule has 0 saturated carbocycles. The summed E-state index contributed by atoms with van der Waals surface area (Å²) in [5.41, 5.74) is 0. The molecule has 0 bridgehead atoms. The van der Waals surface area contributed by atoms with Crippen molar-refractivity contribution in [3.8, 4) is 0 Å². The first-order valence-corrected chi connectivity index (χ1v) is 10.9. The van der Waals surface area contributed by atoms with E-state index >= 15 is 0 Å². The summed E-state index contributed by atoms with van der Waals surface area (Å²) in [7, 11) is -3.43. The van der Waals surface area contributed by atoms with Gasteiger partial charge in [-0.15, -0.1) is 11.3 Å². The number of thiophene rings is 1. The van der Waals surface area contributed by atoms with Crippen LogP contribution in [0.4, 0.5) is 0 Å². The molecule has 1 aliphatic heterocycles. The van der Waals surface area contributed by atoms with Gasteiger partial charge < -0.3 is 5.32 Å². The summed E-state index contributed by atoms with van der Waals surface area (Å²) in [5, 5.41) is 2.96. The molecule has 0 spiro atoms. The van der Waals surface area contributed by atoms with Crippen molar-refractivity contribution in [1.29, 1.82) is 0 Å². The largest absolute Gasteiger partial charge is 0.356 e. The standard InChI is InChI=1S/C15H23BrN2O3S2/c1-11(2)5-8-17-15(19)12-6-9-18(10-7-12)23(20,21)14-4-3-13(16)22-14/h3-4,11-12H,5-10H2,1-2H3,(H,17,19).